The number of alkyl halides is 3. The highest BCUT2D eigenvalue weighted by Gasteiger charge is 2.41. The van der Waals surface area contributed by atoms with Crippen LogP contribution in [0.3, 0.4) is 0 Å². The first-order valence-corrected chi connectivity index (χ1v) is 7.18. The molecule has 1 saturated heterocycles. The molecule has 5 heteroatoms. The van der Waals surface area contributed by atoms with Gasteiger partial charge in [-0.05, 0) is 37.5 Å². The van der Waals surface area contributed by atoms with Crippen molar-refractivity contribution < 1.29 is 23.0 Å². The maximum atomic E-state index is 12.5. The van der Waals surface area contributed by atoms with Crippen LogP contribution in [0.2, 0.25) is 0 Å². The third-order valence-electron chi connectivity index (χ3n) is 4.28. The molecule has 1 fully saturated rings. The first-order valence-electron chi connectivity index (χ1n) is 7.18. The molecule has 0 bridgehead atoms. The van der Waals surface area contributed by atoms with E-state index in [2.05, 4.69) is 0 Å². The molecule has 1 heterocycles. The Balaban J connectivity index is 2.10. The quantitative estimate of drug-likeness (QED) is 0.916. The molecule has 0 radical (unpaired) electrons. The van der Waals surface area contributed by atoms with E-state index in [-0.39, 0.29) is 5.60 Å². The molecule has 0 saturated carbocycles. The summed E-state index contributed by atoms with van der Waals surface area (Å²) in [7, 11) is 0. The molecule has 0 spiro atoms. The van der Waals surface area contributed by atoms with Crippen LogP contribution < -0.4 is 0 Å². The Hall–Kier alpha value is -1.07. The lowest BCUT2D eigenvalue weighted by molar-refractivity contribution is -0.152. The van der Waals surface area contributed by atoms with Gasteiger partial charge >= 0.3 is 6.18 Å². The van der Waals surface area contributed by atoms with E-state index in [0.29, 0.717) is 31.4 Å². The number of aliphatic hydroxyl groups is 1. The van der Waals surface area contributed by atoms with Gasteiger partial charge in [-0.2, -0.15) is 13.2 Å². The van der Waals surface area contributed by atoms with Gasteiger partial charge in [-0.15, -0.1) is 0 Å². The zero-order valence-electron chi connectivity index (χ0n) is 12.3. The van der Waals surface area contributed by atoms with Gasteiger partial charge in [0.1, 0.15) is 0 Å². The number of ether oxygens (including phenoxy) is 1. The first kappa shape index (κ1) is 16.3. The largest absolute Gasteiger partial charge is 0.416 e. The molecule has 1 aliphatic heterocycles. The smallest absolute Gasteiger partial charge is 0.389 e. The number of benzene rings is 1. The molecule has 1 N–H and O–H groups in total. The molecular weight excluding hydrogens is 281 g/mol. The molecule has 2 nitrogen and oxygen atoms in total. The Bertz CT molecular complexity index is 483. The van der Waals surface area contributed by atoms with Crippen LogP contribution in [0.25, 0.3) is 0 Å². The van der Waals surface area contributed by atoms with Crippen LogP contribution in [-0.4, -0.2) is 22.9 Å². The van der Waals surface area contributed by atoms with Crippen LogP contribution in [0.1, 0.15) is 44.2 Å². The van der Waals surface area contributed by atoms with E-state index >= 15 is 0 Å². The van der Waals surface area contributed by atoms with Crippen molar-refractivity contribution in [2.75, 3.05) is 6.61 Å². The summed E-state index contributed by atoms with van der Waals surface area (Å²) in [6.45, 7) is 4.44. The van der Waals surface area contributed by atoms with Gasteiger partial charge in [0.05, 0.1) is 23.4 Å². The number of hydrogen-bond acceptors (Lipinski definition) is 2. The van der Waals surface area contributed by atoms with E-state index in [1.807, 2.05) is 13.8 Å². The Morgan fingerprint density at radius 1 is 1.24 bits per heavy atom. The van der Waals surface area contributed by atoms with Crippen molar-refractivity contribution in [1.29, 1.82) is 0 Å². The zero-order chi connectivity index (χ0) is 15.7. The molecule has 0 aliphatic carbocycles. The number of hydrogen-bond donors (Lipinski definition) is 1. The van der Waals surface area contributed by atoms with E-state index in [0.717, 1.165) is 18.6 Å². The average Bonchev–Trinajstić information content (AvgIpc) is 2.37. The van der Waals surface area contributed by atoms with Crippen molar-refractivity contribution in [3.63, 3.8) is 0 Å². The van der Waals surface area contributed by atoms with Gasteiger partial charge in [-0.1, -0.05) is 19.1 Å². The highest BCUT2D eigenvalue weighted by Crippen LogP contribution is 2.37. The van der Waals surface area contributed by atoms with E-state index in [1.165, 1.54) is 12.1 Å². The lowest BCUT2D eigenvalue weighted by Crippen LogP contribution is -2.48. The van der Waals surface area contributed by atoms with Gasteiger partial charge in [0, 0.05) is 12.8 Å². The third-order valence-corrected chi connectivity index (χ3v) is 4.28. The molecule has 1 aromatic rings. The van der Waals surface area contributed by atoms with Crippen molar-refractivity contribution in [2.45, 2.75) is 56.9 Å². The van der Waals surface area contributed by atoms with E-state index in [4.69, 9.17) is 4.74 Å². The Labute approximate surface area is 122 Å². The van der Waals surface area contributed by atoms with Crippen molar-refractivity contribution in [1.82, 2.24) is 0 Å². The van der Waals surface area contributed by atoms with Crippen LogP contribution >= 0.6 is 0 Å². The molecule has 2 atom stereocenters. The van der Waals surface area contributed by atoms with Crippen LogP contribution in [0, 0.1) is 0 Å². The monoisotopic (exact) mass is 302 g/mol. The molecule has 0 aromatic heterocycles. The highest BCUT2D eigenvalue weighted by atomic mass is 19.4. The van der Waals surface area contributed by atoms with Gasteiger partial charge in [-0.3, -0.25) is 0 Å². The fourth-order valence-electron chi connectivity index (χ4n) is 2.89. The average molecular weight is 302 g/mol. The molecule has 2 rings (SSSR count). The Kier molecular flexibility index (Phi) is 4.36. The minimum atomic E-state index is -4.32. The molecule has 1 aliphatic rings. The summed E-state index contributed by atoms with van der Waals surface area (Å²) < 4.78 is 43.3. The summed E-state index contributed by atoms with van der Waals surface area (Å²) in [6.07, 6.45) is -2.18. The summed E-state index contributed by atoms with van der Waals surface area (Å²) in [5.41, 5.74) is -1.23. The van der Waals surface area contributed by atoms with Crippen molar-refractivity contribution >= 4 is 0 Å². The predicted molar refractivity (Wildman–Crippen MR) is 74.0 cm³/mol. The molecule has 21 heavy (non-hydrogen) atoms. The summed E-state index contributed by atoms with van der Waals surface area (Å²) in [5, 5.41) is 10.7. The van der Waals surface area contributed by atoms with Gasteiger partial charge in [-0.25, -0.2) is 0 Å². The molecule has 2 unspecified atom stereocenters. The van der Waals surface area contributed by atoms with Crippen LogP contribution in [0.15, 0.2) is 24.3 Å². The van der Waals surface area contributed by atoms with Gasteiger partial charge < -0.3 is 9.84 Å². The standard InChI is InChI=1S/C16H21F3O2/c1-3-14(2)11-15(20,8-9-21-14)10-12-4-6-13(7-5-12)16(17,18)19/h4-7,20H,3,8-11H2,1-2H3. The summed E-state index contributed by atoms with van der Waals surface area (Å²) in [4.78, 5) is 0. The summed E-state index contributed by atoms with van der Waals surface area (Å²) >= 11 is 0. The van der Waals surface area contributed by atoms with E-state index < -0.39 is 17.3 Å². The van der Waals surface area contributed by atoms with Gasteiger partial charge in [0.25, 0.3) is 0 Å². The Morgan fingerprint density at radius 3 is 2.38 bits per heavy atom. The fraction of sp³-hybridized carbons (Fsp3) is 0.625. The molecular formula is C16H21F3O2. The van der Waals surface area contributed by atoms with Crippen LogP contribution in [0.5, 0.6) is 0 Å². The normalized spacial score (nSPS) is 30.4. The van der Waals surface area contributed by atoms with Gasteiger partial charge in [0.15, 0.2) is 0 Å². The fourth-order valence-corrected chi connectivity index (χ4v) is 2.89. The van der Waals surface area contributed by atoms with Crippen molar-refractivity contribution in [3.8, 4) is 0 Å². The van der Waals surface area contributed by atoms with Crippen molar-refractivity contribution in [3.05, 3.63) is 35.4 Å². The molecule has 118 valence electrons. The second-order valence-corrected chi connectivity index (χ2v) is 6.17. The van der Waals surface area contributed by atoms with E-state index in [1.54, 1.807) is 0 Å². The van der Waals surface area contributed by atoms with Crippen molar-refractivity contribution in [2.24, 2.45) is 0 Å². The Morgan fingerprint density at radius 2 is 1.86 bits per heavy atom. The maximum Gasteiger partial charge on any atom is 0.416 e. The third kappa shape index (κ3) is 3.98. The van der Waals surface area contributed by atoms with Crippen LogP contribution in [0.4, 0.5) is 13.2 Å². The first-order chi connectivity index (χ1) is 9.66. The van der Waals surface area contributed by atoms with Gasteiger partial charge in [0.2, 0.25) is 0 Å². The SMILES string of the molecule is CCC1(C)CC(O)(Cc2ccc(C(F)(F)F)cc2)CCO1. The maximum absolute atomic E-state index is 12.5. The lowest BCUT2D eigenvalue weighted by Gasteiger charge is -2.43. The highest BCUT2D eigenvalue weighted by molar-refractivity contribution is 5.26. The minimum Gasteiger partial charge on any atom is -0.389 e. The molecule has 1 aromatic carbocycles. The summed E-state index contributed by atoms with van der Waals surface area (Å²) in [5.74, 6) is 0. The zero-order valence-corrected chi connectivity index (χ0v) is 12.3. The predicted octanol–water partition coefficient (Wildman–Crippen LogP) is 3.96. The summed E-state index contributed by atoms with van der Waals surface area (Å²) in [6, 6.07) is 5.02. The van der Waals surface area contributed by atoms with Crippen LogP contribution in [-0.2, 0) is 17.3 Å². The molecule has 0 amide bonds. The minimum absolute atomic E-state index is 0.351. The topological polar surface area (TPSA) is 29.5 Å². The van der Waals surface area contributed by atoms with E-state index in [9.17, 15) is 18.3 Å². The number of rotatable bonds is 3. The number of halogens is 3. The second-order valence-electron chi connectivity index (χ2n) is 6.17. The second kappa shape index (κ2) is 5.61. The lowest BCUT2D eigenvalue weighted by atomic mass is 9.78.